The largest absolute Gasteiger partial charge is 0.369 e. The monoisotopic (exact) mass is 579 g/mol. The molecule has 1 aromatic heterocycles. The fourth-order valence-electron chi connectivity index (χ4n) is 4.66. The normalized spacial score (nSPS) is 16.8. The van der Waals surface area contributed by atoms with Gasteiger partial charge in [-0.2, -0.15) is 4.98 Å². The zero-order valence-corrected chi connectivity index (χ0v) is 24.9. The molecule has 2 aromatic rings. The summed E-state index contributed by atoms with van der Waals surface area (Å²) in [5, 5.41) is 16.0. The van der Waals surface area contributed by atoms with E-state index < -0.39 is 5.91 Å². The van der Waals surface area contributed by atoms with Crippen molar-refractivity contribution in [3.05, 3.63) is 53.7 Å². The molecule has 0 radical (unpaired) electrons. The zero-order valence-electron chi connectivity index (χ0n) is 24.9. The average Bonchev–Trinajstić information content (AvgIpc) is 2.96. The van der Waals surface area contributed by atoms with Crippen molar-refractivity contribution in [1.82, 2.24) is 30.8 Å². The Labute approximate surface area is 248 Å². The van der Waals surface area contributed by atoms with Crippen LogP contribution in [0.3, 0.4) is 0 Å². The minimum Gasteiger partial charge on any atom is -0.369 e. The Hall–Kier alpha value is -4.03. The summed E-state index contributed by atoms with van der Waals surface area (Å²) in [6, 6.07) is 6.97. The molecule has 0 aliphatic heterocycles. The predicted molar refractivity (Wildman–Crippen MR) is 166 cm³/mol. The van der Waals surface area contributed by atoms with Crippen molar-refractivity contribution >= 4 is 35.2 Å². The molecule has 42 heavy (non-hydrogen) atoms. The van der Waals surface area contributed by atoms with Crippen LogP contribution in [0.4, 0.5) is 17.5 Å². The number of carbonyl (C=O) groups is 3. The number of primary amides is 1. The Morgan fingerprint density at radius 2 is 1.79 bits per heavy atom. The van der Waals surface area contributed by atoms with E-state index in [1.54, 1.807) is 30.3 Å². The van der Waals surface area contributed by atoms with Crippen molar-refractivity contribution in [2.45, 2.75) is 57.5 Å². The van der Waals surface area contributed by atoms with Crippen LogP contribution < -0.4 is 32.3 Å². The van der Waals surface area contributed by atoms with E-state index in [0.29, 0.717) is 41.7 Å². The van der Waals surface area contributed by atoms with Gasteiger partial charge in [0.15, 0.2) is 0 Å². The predicted octanol–water partition coefficient (Wildman–Crippen LogP) is 2.40. The van der Waals surface area contributed by atoms with Gasteiger partial charge in [0.2, 0.25) is 17.8 Å². The van der Waals surface area contributed by atoms with E-state index in [9.17, 15) is 14.4 Å². The molecule has 12 heteroatoms. The summed E-state index contributed by atoms with van der Waals surface area (Å²) in [5.74, 6) is -0.0401. The molecule has 1 aliphatic carbocycles. The number of hydrogen-bond acceptors (Lipinski definition) is 9. The molecule has 0 bridgehead atoms. The lowest BCUT2D eigenvalue weighted by Gasteiger charge is -2.32. The number of likely N-dealkylation sites (N-methyl/N-ethyl adjacent to an activating group) is 1. The van der Waals surface area contributed by atoms with Crippen molar-refractivity contribution in [2.24, 2.45) is 5.73 Å². The third-order valence-electron chi connectivity index (χ3n) is 6.88. The number of anilines is 3. The van der Waals surface area contributed by atoms with Crippen LogP contribution in [0.5, 0.6) is 0 Å². The lowest BCUT2D eigenvalue weighted by Crippen LogP contribution is -2.51. The molecule has 2 atom stereocenters. The number of rotatable bonds is 16. The van der Waals surface area contributed by atoms with Crippen molar-refractivity contribution in [1.29, 1.82) is 0 Å². The van der Waals surface area contributed by atoms with Crippen molar-refractivity contribution in [3.63, 3.8) is 0 Å². The third-order valence-corrected chi connectivity index (χ3v) is 6.88. The summed E-state index contributed by atoms with van der Waals surface area (Å²) in [5.41, 5.74) is 6.76. The number of benzene rings is 1. The molecule has 12 nitrogen and oxygen atoms in total. The quantitative estimate of drug-likeness (QED) is 0.129. The zero-order chi connectivity index (χ0) is 30.3. The van der Waals surface area contributed by atoms with Crippen LogP contribution in [0.2, 0.25) is 0 Å². The third kappa shape index (κ3) is 10.7. The summed E-state index contributed by atoms with van der Waals surface area (Å²) >= 11 is 0. The van der Waals surface area contributed by atoms with Crippen LogP contribution in [-0.2, 0) is 4.79 Å². The van der Waals surface area contributed by atoms with Gasteiger partial charge in [0.05, 0.1) is 0 Å². The minimum atomic E-state index is -0.499. The summed E-state index contributed by atoms with van der Waals surface area (Å²) in [4.78, 5) is 47.5. The van der Waals surface area contributed by atoms with E-state index >= 15 is 0 Å². The summed E-state index contributed by atoms with van der Waals surface area (Å²) in [6.45, 7) is 4.62. The van der Waals surface area contributed by atoms with Gasteiger partial charge in [0.1, 0.15) is 11.4 Å². The van der Waals surface area contributed by atoms with E-state index in [-0.39, 0.29) is 23.9 Å². The standard InChI is InChI=1S/C30H45N9O3/c1-4-16-33-28-23(20-35-30(38-28)36-22-14-12-21(13-15-22)27(31)41)29(42)34-18-8-17-32-24-9-5-6-10-25(24)37-26(40)11-7-19-39(2)3/h7,11-15,20,24-25,32H,4-6,8-10,16-19H2,1-3H3,(H2,31,41)(H,34,42)(H,37,40)(H2,33,35,36,38)/t24?,25-/m0/s1. The Balaban J connectivity index is 1.49. The van der Waals surface area contributed by atoms with E-state index in [1.165, 1.54) is 6.20 Å². The van der Waals surface area contributed by atoms with Gasteiger partial charge in [-0.25, -0.2) is 4.98 Å². The Morgan fingerprint density at radius 1 is 1.05 bits per heavy atom. The van der Waals surface area contributed by atoms with Gasteiger partial charge in [-0.3, -0.25) is 14.4 Å². The summed E-state index contributed by atoms with van der Waals surface area (Å²) in [6.07, 6.45) is 10.8. The molecule has 0 saturated heterocycles. The van der Waals surface area contributed by atoms with Gasteiger partial charge in [-0.05, 0) is 70.6 Å². The van der Waals surface area contributed by atoms with E-state index in [1.807, 2.05) is 32.0 Å². The molecule has 1 aromatic carbocycles. The molecule has 228 valence electrons. The van der Waals surface area contributed by atoms with Crippen LogP contribution in [0.1, 0.15) is 66.2 Å². The molecule has 1 saturated carbocycles. The van der Waals surface area contributed by atoms with E-state index in [0.717, 1.165) is 51.6 Å². The molecule has 0 spiro atoms. The molecule has 1 heterocycles. The smallest absolute Gasteiger partial charge is 0.256 e. The van der Waals surface area contributed by atoms with Gasteiger partial charge < -0.3 is 37.2 Å². The number of nitrogens with zero attached hydrogens (tertiary/aromatic N) is 3. The lowest BCUT2D eigenvalue weighted by atomic mass is 9.90. The number of nitrogens with one attached hydrogen (secondary N) is 5. The first-order chi connectivity index (χ1) is 20.3. The first-order valence-corrected chi connectivity index (χ1v) is 14.7. The first-order valence-electron chi connectivity index (χ1n) is 14.7. The number of hydrogen-bond donors (Lipinski definition) is 6. The molecule has 3 amide bonds. The highest BCUT2D eigenvalue weighted by Crippen LogP contribution is 2.20. The molecule has 7 N–H and O–H groups in total. The first kappa shape index (κ1) is 32.5. The second kappa shape index (κ2) is 17.0. The van der Waals surface area contributed by atoms with Crippen LogP contribution in [0.25, 0.3) is 0 Å². The van der Waals surface area contributed by atoms with Crippen LogP contribution in [-0.4, -0.2) is 84.9 Å². The molecule has 1 fully saturated rings. The molecular weight excluding hydrogens is 534 g/mol. The van der Waals surface area contributed by atoms with Crippen molar-refractivity contribution < 1.29 is 14.4 Å². The topological polar surface area (TPSA) is 166 Å². The van der Waals surface area contributed by atoms with Gasteiger partial charge in [0, 0.05) is 55.2 Å². The van der Waals surface area contributed by atoms with Crippen LogP contribution in [0.15, 0.2) is 42.6 Å². The number of amides is 3. The maximum Gasteiger partial charge on any atom is 0.256 e. The summed E-state index contributed by atoms with van der Waals surface area (Å²) in [7, 11) is 3.93. The molecule has 1 unspecified atom stereocenters. The number of aromatic nitrogens is 2. The SMILES string of the molecule is CCCNc1nc(Nc2ccc(C(N)=O)cc2)ncc1C(=O)NCCCNC1CCCC[C@@H]1NC(=O)C=CCN(C)C. The lowest BCUT2D eigenvalue weighted by molar-refractivity contribution is -0.117. The van der Waals surface area contributed by atoms with Crippen molar-refractivity contribution in [2.75, 3.05) is 50.9 Å². The maximum absolute atomic E-state index is 13.0. The molecule has 3 rings (SSSR count). The minimum absolute atomic E-state index is 0.0558. The molecule has 1 aliphatic rings. The highest BCUT2D eigenvalue weighted by atomic mass is 16.2. The van der Waals surface area contributed by atoms with Gasteiger partial charge >= 0.3 is 0 Å². The fourth-order valence-corrected chi connectivity index (χ4v) is 4.66. The molecular formula is C30H45N9O3. The fraction of sp³-hybridized carbons (Fsp3) is 0.500. The van der Waals surface area contributed by atoms with Gasteiger partial charge in [-0.1, -0.05) is 25.8 Å². The van der Waals surface area contributed by atoms with Gasteiger partial charge in [0.25, 0.3) is 5.91 Å². The average molecular weight is 580 g/mol. The Kier molecular flexibility index (Phi) is 13.2. The van der Waals surface area contributed by atoms with Crippen LogP contribution in [0, 0.1) is 0 Å². The number of carbonyl (C=O) groups excluding carboxylic acids is 3. The number of nitrogens with two attached hydrogens (primary N) is 1. The van der Waals surface area contributed by atoms with E-state index in [2.05, 4.69) is 36.6 Å². The second-order valence-electron chi connectivity index (χ2n) is 10.7. The Bertz CT molecular complexity index is 1200. The maximum atomic E-state index is 13.0. The van der Waals surface area contributed by atoms with Crippen LogP contribution >= 0.6 is 0 Å². The highest BCUT2D eigenvalue weighted by molar-refractivity contribution is 5.98. The highest BCUT2D eigenvalue weighted by Gasteiger charge is 2.25. The van der Waals surface area contributed by atoms with Gasteiger partial charge in [-0.15, -0.1) is 0 Å². The Morgan fingerprint density at radius 3 is 2.48 bits per heavy atom. The second-order valence-corrected chi connectivity index (χ2v) is 10.7. The van der Waals surface area contributed by atoms with E-state index in [4.69, 9.17) is 5.73 Å². The van der Waals surface area contributed by atoms with Crippen molar-refractivity contribution in [3.8, 4) is 0 Å². The summed E-state index contributed by atoms with van der Waals surface area (Å²) < 4.78 is 0.